The quantitative estimate of drug-likeness (QED) is 0.0221. The van der Waals surface area contributed by atoms with Gasteiger partial charge < -0.3 is 79.1 Å². The van der Waals surface area contributed by atoms with Gasteiger partial charge in [-0.1, -0.05) is 29.7 Å². The van der Waals surface area contributed by atoms with Crippen LogP contribution >= 0.6 is 0 Å². The summed E-state index contributed by atoms with van der Waals surface area (Å²) in [5.41, 5.74) is 5.46. The Labute approximate surface area is 562 Å². The highest BCUT2D eigenvalue weighted by molar-refractivity contribution is 6.87. The van der Waals surface area contributed by atoms with Gasteiger partial charge in [0.25, 0.3) is 0 Å². The minimum absolute atomic E-state index is 0. The van der Waals surface area contributed by atoms with Crippen LogP contribution < -0.4 is 16.4 Å². The van der Waals surface area contributed by atoms with E-state index in [0.717, 1.165) is 134 Å². The number of hydrogen-bond acceptors (Lipinski definition) is 21. The van der Waals surface area contributed by atoms with Gasteiger partial charge in [-0.2, -0.15) is 0 Å². The molecule has 4 fully saturated rings. The van der Waals surface area contributed by atoms with Crippen LogP contribution in [0, 0.1) is 0 Å². The van der Waals surface area contributed by atoms with Crippen molar-refractivity contribution in [1.82, 2.24) is 30.2 Å². The summed E-state index contributed by atoms with van der Waals surface area (Å²) in [7, 11) is -6.01. The molecule has 6 N–H and O–H groups in total. The van der Waals surface area contributed by atoms with Crippen molar-refractivity contribution in [2.24, 2.45) is 5.73 Å². The van der Waals surface area contributed by atoms with Crippen LogP contribution in [0.5, 0.6) is 0 Å². The maximum Gasteiger partial charge on any atom is 0.334 e. The molecule has 0 aliphatic carbocycles. The highest BCUT2D eigenvalue weighted by Gasteiger charge is 2.46. The maximum absolute atomic E-state index is 11.4. The Morgan fingerprint density at radius 3 is 1.04 bits per heavy atom. The molecule has 4 aliphatic rings. The molecule has 1 unspecified atom stereocenters. The van der Waals surface area contributed by atoms with Crippen LogP contribution in [0.2, 0.25) is 109 Å². The van der Waals surface area contributed by atoms with Gasteiger partial charge in [0.05, 0.1) is 0 Å². The predicted octanol–water partition coefficient (Wildman–Crippen LogP) is 8.27. The Morgan fingerprint density at radius 1 is 0.385 bits per heavy atom. The fraction of sp³-hybridized carbons (Fsp3) is 0.897. The van der Waals surface area contributed by atoms with Gasteiger partial charge in [-0.25, -0.2) is 0 Å². The fourth-order valence-corrected chi connectivity index (χ4v) is 31.1. The lowest BCUT2D eigenvalue weighted by molar-refractivity contribution is -0.139. The van der Waals surface area contributed by atoms with Crippen LogP contribution in [0.1, 0.15) is 113 Å². The molecule has 4 heterocycles. The monoisotopic (exact) mass is 1440 g/mol. The van der Waals surface area contributed by atoms with Crippen molar-refractivity contribution in [1.29, 1.82) is 0 Å². The standard InChI is InChI=1S/C12H36N2O5Si4.C12H24N2O4Si.C10H19NO4Si.C10H21NO3Si.C10H21NO2Si.4CH4/c1-20(2,15)17-22(5,6)19-23(7,18-21(3,4)16)12-8-10-14-11-9-13;1-17-19(3,18-2)10-4-7-13-8-9-14-11(15)5-6-12(14)16;1-14-16(3,15-2)8-4-7-11-9(12)5-6-10(11)13;1-13-15(3,14-2)9-5-8-11-7-4-6-10(11)12;1-13-14(2,3)9-5-8-11-7-4-6-10(11)12;;;;/h14-16H,8-13H2,1-7H3;13H,4-10H2,1-3H3;4-8H2,1-3H3;4-9H2,1-3H3;4-9H2,1-3H3;4*1H4. The lowest BCUT2D eigenvalue weighted by atomic mass is 10.4. The summed E-state index contributed by atoms with van der Waals surface area (Å²) in [6.07, 6.45) is 9.68. The third kappa shape index (κ3) is 44.0. The molecule has 0 aromatic carbocycles. The van der Waals surface area contributed by atoms with Crippen molar-refractivity contribution >= 4 is 104 Å². The lowest BCUT2D eigenvalue weighted by Crippen LogP contribution is -2.58. The van der Waals surface area contributed by atoms with E-state index in [1.165, 1.54) is 9.80 Å². The molecule has 1 atom stereocenters. The van der Waals surface area contributed by atoms with Crippen LogP contribution in [-0.4, -0.2) is 255 Å². The van der Waals surface area contributed by atoms with E-state index < -0.39 is 68.2 Å². The molecule has 4 aliphatic heterocycles. The number of nitrogens with two attached hydrogens (primary N) is 1. The minimum atomic E-state index is -2.71. The summed E-state index contributed by atoms with van der Waals surface area (Å²) in [6.45, 7) is 31.6. The largest absolute Gasteiger partial charge is 0.420 e. The maximum atomic E-state index is 11.4. The van der Waals surface area contributed by atoms with E-state index in [9.17, 15) is 38.4 Å². The second-order valence-electron chi connectivity index (χ2n) is 25.0. The fourth-order valence-electron chi connectivity index (χ4n) is 9.84. The molecule has 0 aromatic rings. The molecule has 0 spiro atoms. The molecule has 0 bridgehead atoms. The summed E-state index contributed by atoms with van der Waals surface area (Å²) in [4.78, 5) is 94.9. The highest BCUT2D eigenvalue weighted by atomic mass is 28.5. The van der Waals surface area contributed by atoms with Crippen molar-refractivity contribution in [3.8, 4) is 0 Å². The Morgan fingerprint density at radius 2 is 0.714 bits per heavy atom. The van der Waals surface area contributed by atoms with E-state index >= 15 is 0 Å². The van der Waals surface area contributed by atoms with Crippen LogP contribution in [0.15, 0.2) is 0 Å². The Bertz CT molecular complexity index is 1980. The second-order valence-corrected chi connectivity index (χ2v) is 54.0. The van der Waals surface area contributed by atoms with Crippen LogP contribution in [-0.2, 0) is 72.1 Å². The van der Waals surface area contributed by atoms with Gasteiger partial charge in [-0.05, 0) is 167 Å². The number of rotatable bonds is 38. The zero-order valence-corrected chi connectivity index (χ0v) is 65.3. The molecule has 544 valence electrons. The van der Waals surface area contributed by atoms with Crippen LogP contribution in [0.4, 0.5) is 0 Å². The number of amides is 6. The first-order valence-corrected chi connectivity index (χ1v) is 52.9. The Kier molecular flexibility index (Phi) is 52.7. The molecule has 0 saturated carbocycles. The second kappa shape index (κ2) is 49.0. The lowest BCUT2D eigenvalue weighted by Gasteiger charge is -2.40. The number of nitrogens with one attached hydrogen (secondary N) is 2. The first-order chi connectivity index (χ1) is 40.4. The average Bonchev–Trinajstić information content (AvgIpc) is 2.09. The SMILES string of the molecule is C.C.C.C.CO[Si](C)(C)CCCN1CCCC1=O.CO[Si](C)(CCCN1C(=O)CCC1=O)OC.CO[Si](C)(CCCN1CCCC1=O)OC.CO[Si](C)(CCCNCCN1C(=O)CCC1=O)OC.C[Si](C)(O)O[Si](C)(C)O[Si](C)(CCCNCCN)O[Si](C)(C)O. The molecule has 4 saturated heterocycles. The van der Waals surface area contributed by atoms with E-state index in [-0.39, 0.29) is 53.3 Å². The first-order valence-electron chi connectivity index (χ1n) is 31.1. The van der Waals surface area contributed by atoms with Gasteiger partial charge in [0.2, 0.25) is 35.4 Å². The van der Waals surface area contributed by atoms with E-state index in [1.54, 1.807) is 76.0 Å². The summed E-state index contributed by atoms with van der Waals surface area (Å²) >= 11 is 0. The zero-order chi connectivity index (χ0) is 66.8. The molecular weight excluding hydrogens is 1310 g/mol. The van der Waals surface area contributed by atoms with E-state index in [2.05, 4.69) is 30.3 Å². The topological polar surface area (TPSA) is 298 Å². The summed E-state index contributed by atoms with van der Waals surface area (Å²) in [6, 6.07) is 4.57. The van der Waals surface area contributed by atoms with Gasteiger partial charge in [-0.3, -0.25) is 38.6 Å². The molecule has 0 aromatic heterocycles. The number of likely N-dealkylation sites (tertiary alicyclic amines) is 4. The van der Waals surface area contributed by atoms with Crippen molar-refractivity contribution in [3.05, 3.63) is 0 Å². The summed E-state index contributed by atoms with van der Waals surface area (Å²) in [5, 5.41) is 6.49. The number of imide groups is 2. The number of nitrogens with zero attached hydrogens (tertiary/aromatic N) is 4. The number of carbonyl (C=O) groups is 6. The predicted molar refractivity (Wildman–Crippen MR) is 386 cm³/mol. The van der Waals surface area contributed by atoms with Crippen molar-refractivity contribution in [2.75, 3.05) is 122 Å². The average molecular weight is 1450 g/mol. The zero-order valence-electron chi connectivity index (χ0n) is 57.3. The summed E-state index contributed by atoms with van der Waals surface area (Å²) in [5.74, 6) is 0.428. The molecule has 33 heteroatoms. The van der Waals surface area contributed by atoms with Crippen molar-refractivity contribution in [3.63, 3.8) is 0 Å². The molecule has 4 rings (SSSR count). The van der Waals surface area contributed by atoms with E-state index in [4.69, 9.17) is 49.1 Å². The van der Waals surface area contributed by atoms with Gasteiger partial charge in [0.1, 0.15) is 0 Å². The molecular formula is C58H137N7O18Si8. The van der Waals surface area contributed by atoms with Gasteiger partial charge in [-0.15, -0.1) is 0 Å². The Hall–Kier alpha value is -1.64. The van der Waals surface area contributed by atoms with Crippen LogP contribution in [0.3, 0.4) is 0 Å². The van der Waals surface area contributed by atoms with Crippen LogP contribution in [0.25, 0.3) is 0 Å². The van der Waals surface area contributed by atoms with Gasteiger partial charge in [0.15, 0.2) is 8.32 Å². The van der Waals surface area contributed by atoms with Gasteiger partial charge >= 0.3 is 59.9 Å². The minimum Gasteiger partial charge on any atom is -0.420 e. The number of hydrogen-bond donors (Lipinski definition) is 5. The third-order valence-electron chi connectivity index (χ3n) is 15.3. The normalized spacial score (nSPS) is 16.3. The van der Waals surface area contributed by atoms with E-state index in [1.807, 2.05) is 42.5 Å². The smallest absolute Gasteiger partial charge is 0.334 e. The van der Waals surface area contributed by atoms with E-state index in [0.29, 0.717) is 63.7 Å². The molecule has 6 amide bonds. The highest BCUT2D eigenvalue weighted by Crippen LogP contribution is 2.27. The number of carbonyl (C=O) groups excluding carboxylic acids is 6. The molecule has 25 nitrogen and oxygen atoms in total. The first kappa shape index (κ1) is 98.0. The van der Waals surface area contributed by atoms with Crippen molar-refractivity contribution in [2.45, 2.75) is 222 Å². The van der Waals surface area contributed by atoms with Crippen molar-refractivity contribution < 1.29 is 81.7 Å². The Balaban J connectivity index is -0.000000338. The molecule has 91 heavy (non-hydrogen) atoms. The summed E-state index contributed by atoms with van der Waals surface area (Å²) < 4.78 is 55.9. The third-order valence-corrected chi connectivity index (χ3v) is 39.6. The van der Waals surface area contributed by atoms with Gasteiger partial charge in [0, 0.05) is 147 Å². The molecule has 0 radical (unpaired) electrons.